The van der Waals surface area contributed by atoms with Crippen molar-refractivity contribution in [1.29, 1.82) is 0 Å². The van der Waals surface area contributed by atoms with Crippen LogP contribution in [0.15, 0.2) is 0 Å². The third-order valence-corrected chi connectivity index (χ3v) is 9.89. The molecule has 8 heteroatoms. The fourth-order valence-corrected chi connectivity index (χ4v) is 6.91. The van der Waals surface area contributed by atoms with Gasteiger partial charge in [-0.3, -0.25) is 28.8 Å². The number of rotatable bonds is 0. The standard InChI is InChI=1S/2C18H28O4/c2*19-16-11-7-3-4-8-12-17(20)15-10-6-2-1-5-9-14(16)13-22-18(15)21/h2*14-15H,1-13H2/t2*14-,15-/m11/s1. The van der Waals surface area contributed by atoms with Crippen LogP contribution in [0.1, 0.15) is 154 Å². The minimum absolute atomic E-state index is 0.0337. The number of fused-ring (bicyclic) bond motifs is 8. The zero-order valence-electron chi connectivity index (χ0n) is 27.0. The second-order valence-electron chi connectivity index (χ2n) is 13.4. The van der Waals surface area contributed by atoms with Gasteiger partial charge in [-0.15, -0.1) is 0 Å². The molecule has 4 bridgehead atoms. The largest absolute Gasteiger partial charge is 0.464 e. The highest BCUT2D eigenvalue weighted by atomic mass is 16.5. The maximum atomic E-state index is 12.3. The summed E-state index contributed by atoms with van der Waals surface area (Å²) in [5, 5.41) is 0. The van der Waals surface area contributed by atoms with E-state index in [-0.39, 0.29) is 48.2 Å². The van der Waals surface area contributed by atoms with E-state index in [4.69, 9.17) is 9.47 Å². The first kappa shape index (κ1) is 36.1. The molecule has 0 spiro atoms. The van der Waals surface area contributed by atoms with Crippen LogP contribution >= 0.6 is 0 Å². The van der Waals surface area contributed by atoms with Crippen molar-refractivity contribution >= 4 is 35.1 Å². The van der Waals surface area contributed by atoms with E-state index in [0.717, 1.165) is 116 Å². The number of hydrogen-bond donors (Lipinski definition) is 0. The van der Waals surface area contributed by atoms with Crippen molar-refractivity contribution in [1.82, 2.24) is 0 Å². The van der Waals surface area contributed by atoms with E-state index in [1.807, 2.05) is 0 Å². The van der Waals surface area contributed by atoms with Crippen LogP contribution in [-0.2, 0) is 38.2 Å². The Kier molecular flexibility index (Phi) is 16.9. The molecule has 4 fully saturated rings. The normalized spacial score (nSPS) is 29.9. The molecule has 0 aromatic rings. The van der Waals surface area contributed by atoms with E-state index in [1.54, 1.807) is 0 Å². The third kappa shape index (κ3) is 12.9. The molecule has 4 saturated heterocycles. The van der Waals surface area contributed by atoms with Crippen LogP contribution in [0.25, 0.3) is 0 Å². The minimum Gasteiger partial charge on any atom is -0.464 e. The van der Waals surface area contributed by atoms with Crippen molar-refractivity contribution in [2.45, 2.75) is 154 Å². The first-order valence-electron chi connectivity index (χ1n) is 17.8. The Labute approximate surface area is 264 Å². The van der Waals surface area contributed by atoms with E-state index in [0.29, 0.717) is 38.5 Å². The average molecular weight is 617 g/mol. The molecule has 44 heavy (non-hydrogen) atoms. The lowest BCUT2D eigenvalue weighted by Gasteiger charge is -2.17. The molecule has 4 heterocycles. The van der Waals surface area contributed by atoms with E-state index in [9.17, 15) is 28.8 Å². The summed E-state index contributed by atoms with van der Waals surface area (Å²) in [5.41, 5.74) is 0. The van der Waals surface area contributed by atoms with Crippen molar-refractivity contribution in [3.63, 3.8) is 0 Å². The summed E-state index contributed by atoms with van der Waals surface area (Å²) < 4.78 is 10.7. The number of esters is 2. The summed E-state index contributed by atoms with van der Waals surface area (Å²) in [4.78, 5) is 73.8. The number of carbonyl (C=O) groups is 6. The summed E-state index contributed by atoms with van der Waals surface area (Å²) >= 11 is 0. The third-order valence-electron chi connectivity index (χ3n) is 9.89. The highest BCUT2D eigenvalue weighted by molar-refractivity contribution is 5.99. The summed E-state index contributed by atoms with van der Waals surface area (Å²) in [6.07, 6.45) is 20.3. The van der Waals surface area contributed by atoms with Crippen molar-refractivity contribution in [3.05, 3.63) is 0 Å². The molecule has 0 aliphatic carbocycles. The van der Waals surface area contributed by atoms with E-state index in [1.165, 1.54) is 0 Å². The van der Waals surface area contributed by atoms with Crippen molar-refractivity contribution in [3.8, 4) is 0 Å². The molecule has 8 nitrogen and oxygen atoms in total. The van der Waals surface area contributed by atoms with Crippen molar-refractivity contribution in [2.24, 2.45) is 23.7 Å². The second kappa shape index (κ2) is 20.6. The van der Waals surface area contributed by atoms with Crippen LogP contribution in [0.2, 0.25) is 0 Å². The van der Waals surface area contributed by atoms with Gasteiger partial charge >= 0.3 is 11.9 Å². The fourth-order valence-electron chi connectivity index (χ4n) is 6.91. The Morgan fingerprint density at radius 1 is 0.341 bits per heavy atom. The Bertz CT molecular complexity index is 880. The summed E-state index contributed by atoms with van der Waals surface area (Å²) in [6.45, 7) is 0.336. The number of ether oxygens (including phenoxy) is 2. The van der Waals surface area contributed by atoms with E-state index < -0.39 is 23.8 Å². The molecule has 0 aromatic heterocycles. The lowest BCUT2D eigenvalue weighted by molar-refractivity contribution is -0.156. The van der Waals surface area contributed by atoms with Crippen molar-refractivity contribution in [2.75, 3.05) is 13.2 Å². The van der Waals surface area contributed by atoms with Crippen molar-refractivity contribution < 1.29 is 38.2 Å². The Morgan fingerprint density at radius 2 is 0.636 bits per heavy atom. The summed E-state index contributed by atoms with van der Waals surface area (Å²) in [5.74, 6) is -1.81. The lowest BCUT2D eigenvalue weighted by Crippen LogP contribution is -2.29. The topological polar surface area (TPSA) is 121 Å². The van der Waals surface area contributed by atoms with E-state index >= 15 is 0 Å². The van der Waals surface area contributed by atoms with Gasteiger partial charge in [0.15, 0.2) is 0 Å². The predicted octanol–water partition coefficient (Wildman–Crippen LogP) is 7.22. The Hall–Kier alpha value is -2.38. The van der Waals surface area contributed by atoms with Crippen LogP contribution < -0.4 is 0 Å². The average Bonchev–Trinajstić information content (AvgIpc) is 3.07. The fraction of sp³-hybridized carbons (Fsp3) is 0.833. The maximum absolute atomic E-state index is 12.3. The van der Waals surface area contributed by atoms with Gasteiger partial charge in [-0.2, -0.15) is 0 Å². The van der Waals surface area contributed by atoms with Gasteiger partial charge in [0.1, 0.15) is 48.2 Å². The van der Waals surface area contributed by atoms with Crippen LogP contribution in [0.4, 0.5) is 0 Å². The molecule has 0 saturated carbocycles. The van der Waals surface area contributed by atoms with Crippen LogP contribution in [-0.4, -0.2) is 48.3 Å². The zero-order chi connectivity index (χ0) is 31.6. The molecule has 4 rings (SSSR count). The first-order chi connectivity index (χ1) is 21.4. The molecule has 4 atom stereocenters. The quantitative estimate of drug-likeness (QED) is 0.207. The molecular formula is C36H56O8. The zero-order valence-corrected chi connectivity index (χ0v) is 27.0. The number of Topliss-reactive ketones (excluding diaryl/α,β-unsaturated/α-hetero) is 4. The number of hydrogen-bond acceptors (Lipinski definition) is 8. The minimum atomic E-state index is -0.602. The van der Waals surface area contributed by atoms with Gasteiger partial charge in [0, 0.05) is 25.7 Å². The molecule has 4 aliphatic heterocycles. The number of ketones is 4. The highest BCUT2D eigenvalue weighted by Gasteiger charge is 2.31. The molecule has 248 valence electrons. The van der Waals surface area contributed by atoms with E-state index in [2.05, 4.69) is 0 Å². The van der Waals surface area contributed by atoms with Gasteiger partial charge in [0.25, 0.3) is 0 Å². The molecule has 0 unspecified atom stereocenters. The van der Waals surface area contributed by atoms with Crippen LogP contribution in [0.5, 0.6) is 0 Å². The molecule has 4 aliphatic rings. The first-order valence-corrected chi connectivity index (χ1v) is 17.8. The van der Waals surface area contributed by atoms with Gasteiger partial charge < -0.3 is 9.47 Å². The van der Waals surface area contributed by atoms with Gasteiger partial charge in [-0.05, 0) is 51.4 Å². The molecular weight excluding hydrogens is 560 g/mol. The lowest BCUT2D eigenvalue weighted by atomic mass is 9.91. The SMILES string of the molecule is O=C1CCCCCCC(=O)[C@H]2CCCCCC[C@@H]1COC2=O.O=C1CCCCCCC(=O)[C@H]2CCCCCC[C@@H]1COC2=O. The van der Waals surface area contributed by atoms with Gasteiger partial charge in [0.2, 0.25) is 0 Å². The summed E-state index contributed by atoms with van der Waals surface area (Å²) in [7, 11) is 0. The number of carbonyl (C=O) groups excluding carboxylic acids is 6. The van der Waals surface area contributed by atoms with Gasteiger partial charge in [0.05, 0.1) is 11.8 Å². The molecule has 0 amide bonds. The van der Waals surface area contributed by atoms with Gasteiger partial charge in [-0.1, -0.05) is 77.0 Å². The Morgan fingerprint density at radius 3 is 1.00 bits per heavy atom. The molecule has 0 radical (unpaired) electrons. The second-order valence-corrected chi connectivity index (χ2v) is 13.4. The predicted molar refractivity (Wildman–Crippen MR) is 167 cm³/mol. The smallest absolute Gasteiger partial charge is 0.316 e. The Balaban J connectivity index is 0.000000240. The summed E-state index contributed by atoms with van der Waals surface area (Å²) in [6, 6.07) is 0. The van der Waals surface area contributed by atoms with Crippen LogP contribution in [0, 0.1) is 23.7 Å². The monoisotopic (exact) mass is 616 g/mol. The molecule has 0 N–H and O–H groups in total. The molecule has 0 aromatic carbocycles. The van der Waals surface area contributed by atoms with Gasteiger partial charge in [-0.25, -0.2) is 0 Å². The highest BCUT2D eigenvalue weighted by Crippen LogP contribution is 2.25. The maximum Gasteiger partial charge on any atom is 0.316 e. The van der Waals surface area contributed by atoms with Crippen LogP contribution in [0.3, 0.4) is 0 Å².